The van der Waals surface area contributed by atoms with Crippen LogP contribution in [0.4, 0.5) is 11.4 Å². The van der Waals surface area contributed by atoms with E-state index in [2.05, 4.69) is 31.9 Å². The standard InChI is InChI=1S/C16H16BrN3O2S/c1-22-12-6-4-5-11(9-12)19-16(23)18-10-15(21)20-14-8-3-2-7-13(14)17/h2-9H,10H2,1H3,(H,20,21)(H2,18,19,23). The quantitative estimate of drug-likeness (QED) is 0.679. The van der Waals surface area contributed by atoms with Gasteiger partial charge in [0.1, 0.15) is 5.75 Å². The number of amides is 1. The molecule has 7 heteroatoms. The lowest BCUT2D eigenvalue weighted by Gasteiger charge is -2.12. The molecule has 0 aliphatic carbocycles. The maximum Gasteiger partial charge on any atom is 0.243 e. The molecule has 0 spiro atoms. The van der Waals surface area contributed by atoms with Crippen molar-refractivity contribution in [2.24, 2.45) is 0 Å². The van der Waals surface area contributed by atoms with Gasteiger partial charge in [-0.05, 0) is 52.4 Å². The highest BCUT2D eigenvalue weighted by molar-refractivity contribution is 9.10. The summed E-state index contributed by atoms with van der Waals surface area (Å²) in [5.41, 5.74) is 1.50. The van der Waals surface area contributed by atoms with Crippen molar-refractivity contribution in [2.75, 3.05) is 24.3 Å². The van der Waals surface area contributed by atoms with E-state index in [1.165, 1.54) is 0 Å². The summed E-state index contributed by atoms with van der Waals surface area (Å²) in [6.07, 6.45) is 0. The van der Waals surface area contributed by atoms with Crippen LogP contribution in [0.15, 0.2) is 53.0 Å². The first kappa shape index (κ1) is 17.2. The highest BCUT2D eigenvalue weighted by Crippen LogP contribution is 2.20. The number of ether oxygens (including phenoxy) is 1. The van der Waals surface area contributed by atoms with Gasteiger partial charge in [0.25, 0.3) is 0 Å². The number of hydrogen-bond acceptors (Lipinski definition) is 3. The summed E-state index contributed by atoms with van der Waals surface area (Å²) < 4.78 is 5.96. The Bertz CT molecular complexity index is 709. The zero-order valence-electron chi connectivity index (χ0n) is 12.4. The van der Waals surface area contributed by atoms with Crippen molar-refractivity contribution in [3.8, 4) is 5.75 Å². The Morgan fingerprint density at radius 3 is 2.70 bits per heavy atom. The molecule has 23 heavy (non-hydrogen) atoms. The van der Waals surface area contributed by atoms with Gasteiger partial charge in [0.2, 0.25) is 5.91 Å². The topological polar surface area (TPSA) is 62.4 Å². The van der Waals surface area contributed by atoms with Crippen molar-refractivity contribution in [1.82, 2.24) is 5.32 Å². The summed E-state index contributed by atoms with van der Waals surface area (Å²) in [7, 11) is 1.60. The van der Waals surface area contributed by atoms with Crippen LogP contribution in [0.3, 0.4) is 0 Å². The normalized spacial score (nSPS) is 9.83. The molecule has 0 saturated carbocycles. The van der Waals surface area contributed by atoms with Crippen LogP contribution in [-0.2, 0) is 4.79 Å². The predicted octanol–water partition coefficient (Wildman–Crippen LogP) is 3.38. The van der Waals surface area contributed by atoms with Gasteiger partial charge in [-0.2, -0.15) is 0 Å². The van der Waals surface area contributed by atoms with E-state index in [1.807, 2.05) is 48.5 Å². The predicted molar refractivity (Wildman–Crippen MR) is 100.0 cm³/mol. The number of nitrogens with one attached hydrogen (secondary N) is 3. The molecule has 0 aliphatic heterocycles. The van der Waals surface area contributed by atoms with Crippen LogP contribution in [0.1, 0.15) is 0 Å². The second kappa shape index (κ2) is 8.50. The van der Waals surface area contributed by atoms with Crippen molar-refractivity contribution in [1.29, 1.82) is 0 Å². The Morgan fingerprint density at radius 1 is 1.17 bits per heavy atom. The van der Waals surface area contributed by atoms with E-state index >= 15 is 0 Å². The van der Waals surface area contributed by atoms with E-state index in [9.17, 15) is 4.79 Å². The number of halogens is 1. The number of hydrogen-bond donors (Lipinski definition) is 3. The second-order valence-corrected chi connectivity index (χ2v) is 5.83. The van der Waals surface area contributed by atoms with Crippen molar-refractivity contribution < 1.29 is 9.53 Å². The Labute approximate surface area is 148 Å². The molecule has 0 fully saturated rings. The smallest absolute Gasteiger partial charge is 0.243 e. The minimum absolute atomic E-state index is 0.0666. The molecule has 0 unspecified atom stereocenters. The van der Waals surface area contributed by atoms with Crippen LogP contribution in [0, 0.1) is 0 Å². The molecule has 3 N–H and O–H groups in total. The lowest BCUT2D eigenvalue weighted by molar-refractivity contribution is -0.115. The Hall–Kier alpha value is -2.12. The molecular weight excluding hydrogens is 378 g/mol. The maximum atomic E-state index is 11.9. The van der Waals surface area contributed by atoms with Crippen LogP contribution >= 0.6 is 28.1 Å². The zero-order chi connectivity index (χ0) is 16.7. The van der Waals surface area contributed by atoms with Crippen molar-refractivity contribution in [3.05, 3.63) is 53.0 Å². The summed E-state index contributed by atoms with van der Waals surface area (Å²) in [4.78, 5) is 11.9. The molecule has 0 saturated heterocycles. The fourth-order valence-electron chi connectivity index (χ4n) is 1.79. The second-order valence-electron chi connectivity index (χ2n) is 4.57. The number of para-hydroxylation sites is 1. The van der Waals surface area contributed by atoms with Gasteiger partial charge < -0.3 is 20.7 Å². The number of carbonyl (C=O) groups excluding carboxylic acids is 1. The Morgan fingerprint density at radius 2 is 1.96 bits per heavy atom. The third-order valence-electron chi connectivity index (χ3n) is 2.89. The number of rotatable bonds is 5. The van der Waals surface area contributed by atoms with Crippen LogP contribution in [0.5, 0.6) is 5.75 Å². The molecule has 0 aliphatic rings. The van der Waals surface area contributed by atoms with Crippen molar-refractivity contribution in [2.45, 2.75) is 0 Å². The van der Waals surface area contributed by atoms with Gasteiger partial charge in [-0.3, -0.25) is 4.79 Å². The minimum atomic E-state index is -0.188. The van der Waals surface area contributed by atoms with E-state index in [4.69, 9.17) is 17.0 Å². The number of benzene rings is 2. The SMILES string of the molecule is COc1cccc(NC(=S)NCC(=O)Nc2ccccc2Br)c1. The molecule has 0 atom stereocenters. The van der Waals surface area contributed by atoms with Crippen LogP contribution < -0.4 is 20.7 Å². The van der Waals surface area contributed by atoms with Crippen LogP contribution in [0.25, 0.3) is 0 Å². The van der Waals surface area contributed by atoms with Crippen LogP contribution in [-0.4, -0.2) is 24.7 Å². The molecule has 1 amide bonds. The molecule has 5 nitrogen and oxygen atoms in total. The first-order valence-electron chi connectivity index (χ1n) is 6.82. The Balaban J connectivity index is 1.82. The van der Waals surface area contributed by atoms with Crippen molar-refractivity contribution in [3.63, 3.8) is 0 Å². The summed E-state index contributed by atoms with van der Waals surface area (Å²) in [6, 6.07) is 14.8. The zero-order valence-corrected chi connectivity index (χ0v) is 14.8. The van der Waals surface area contributed by atoms with E-state index in [0.717, 1.165) is 15.9 Å². The monoisotopic (exact) mass is 393 g/mol. The highest BCUT2D eigenvalue weighted by atomic mass is 79.9. The fourth-order valence-corrected chi connectivity index (χ4v) is 2.37. The maximum absolute atomic E-state index is 11.9. The largest absolute Gasteiger partial charge is 0.497 e. The molecule has 2 aromatic rings. The van der Waals surface area contributed by atoms with Gasteiger partial charge in [0.15, 0.2) is 5.11 Å². The van der Waals surface area contributed by atoms with Gasteiger partial charge in [-0.25, -0.2) is 0 Å². The molecule has 2 aromatic carbocycles. The number of carbonyl (C=O) groups is 1. The summed E-state index contributed by atoms with van der Waals surface area (Å²) >= 11 is 8.55. The van der Waals surface area contributed by atoms with Gasteiger partial charge >= 0.3 is 0 Å². The first-order valence-corrected chi connectivity index (χ1v) is 8.02. The van der Waals surface area contributed by atoms with E-state index < -0.39 is 0 Å². The lowest BCUT2D eigenvalue weighted by Crippen LogP contribution is -2.35. The highest BCUT2D eigenvalue weighted by Gasteiger charge is 2.06. The van der Waals surface area contributed by atoms with Crippen molar-refractivity contribution >= 4 is 50.5 Å². The molecule has 2 rings (SSSR count). The molecule has 0 radical (unpaired) electrons. The van der Waals surface area contributed by atoms with E-state index in [1.54, 1.807) is 7.11 Å². The fraction of sp³-hybridized carbons (Fsp3) is 0.125. The van der Waals surface area contributed by atoms with Gasteiger partial charge in [0.05, 0.1) is 19.3 Å². The third kappa shape index (κ3) is 5.54. The van der Waals surface area contributed by atoms with Crippen LogP contribution in [0.2, 0.25) is 0 Å². The molecule has 0 heterocycles. The summed E-state index contributed by atoms with van der Waals surface area (Å²) in [5.74, 6) is 0.538. The molecular formula is C16H16BrN3O2S. The Kier molecular flexibility index (Phi) is 6.37. The summed E-state index contributed by atoms with van der Waals surface area (Å²) in [5, 5.41) is 9.01. The third-order valence-corrected chi connectivity index (χ3v) is 3.82. The molecule has 0 aromatic heterocycles. The molecule has 120 valence electrons. The minimum Gasteiger partial charge on any atom is -0.497 e. The number of thiocarbonyl (C=S) groups is 1. The number of anilines is 2. The van der Waals surface area contributed by atoms with E-state index in [-0.39, 0.29) is 12.5 Å². The van der Waals surface area contributed by atoms with Gasteiger partial charge in [0, 0.05) is 16.2 Å². The lowest BCUT2D eigenvalue weighted by atomic mass is 10.3. The van der Waals surface area contributed by atoms with Gasteiger partial charge in [-0.15, -0.1) is 0 Å². The van der Waals surface area contributed by atoms with Gasteiger partial charge in [-0.1, -0.05) is 18.2 Å². The summed E-state index contributed by atoms with van der Waals surface area (Å²) in [6.45, 7) is 0.0666. The first-order chi connectivity index (χ1) is 11.1. The average Bonchev–Trinajstić information content (AvgIpc) is 2.55. The molecule has 0 bridgehead atoms. The average molecular weight is 394 g/mol. The van der Waals surface area contributed by atoms with E-state index in [0.29, 0.717) is 10.8 Å². The number of methoxy groups -OCH3 is 1.